The smallest absolute Gasteiger partial charge is 0.283 e. The molecule has 1 saturated heterocycles. The van der Waals surface area contributed by atoms with Gasteiger partial charge in [-0.3, -0.25) is 19.8 Å². The number of carbonyl (C=O) groups excluding carboxylic acids is 1. The third-order valence-electron chi connectivity index (χ3n) is 4.64. The van der Waals surface area contributed by atoms with Crippen molar-refractivity contribution < 1.29 is 14.5 Å². The summed E-state index contributed by atoms with van der Waals surface area (Å²) in [5.41, 5.74) is 1.12. The van der Waals surface area contributed by atoms with E-state index in [0.717, 1.165) is 16.7 Å². The molecule has 0 N–H and O–H groups in total. The number of amides is 1. The van der Waals surface area contributed by atoms with E-state index in [9.17, 15) is 14.9 Å². The number of thioether (sulfide) groups is 1. The first-order valence-corrected chi connectivity index (χ1v) is 11.9. The molecule has 0 atom stereocenters. The van der Waals surface area contributed by atoms with E-state index in [1.807, 2.05) is 0 Å². The van der Waals surface area contributed by atoms with E-state index >= 15 is 0 Å². The number of hydrogen-bond donors (Lipinski definition) is 0. The second-order valence-corrected chi connectivity index (χ2v) is 9.98. The van der Waals surface area contributed by atoms with Crippen LogP contribution in [0.1, 0.15) is 5.56 Å². The fourth-order valence-corrected chi connectivity index (χ4v) is 5.38. The Labute approximate surface area is 208 Å². The maximum absolute atomic E-state index is 13.0. The van der Waals surface area contributed by atoms with Crippen LogP contribution in [0.5, 0.6) is 5.75 Å². The van der Waals surface area contributed by atoms with Crippen LogP contribution in [0.4, 0.5) is 11.4 Å². The minimum atomic E-state index is -0.432. The van der Waals surface area contributed by atoms with Crippen LogP contribution in [0.2, 0.25) is 5.02 Å². The highest BCUT2D eigenvalue weighted by Gasteiger charge is 2.33. The van der Waals surface area contributed by atoms with Gasteiger partial charge in [0.1, 0.15) is 5.75 Å². The summed E-state index contributed by atoms with van der Waals surface area (Å²) in [5, 5.41) is 12.3. The molecule has 6 nitrogen and oxygen atoms in total. The molecule has 0 spiro atoms. The maximum atomic E-state index is 13.0. The number of methoxy groups -OCH3 is 1. The zero-order valence-electron chi connectivity index (χ0n) is 17.1. The second-order valence-electron chi connectivity index (χ2n) is 6.76. The lowest BCUT2D eigenvalue weighted by Gasteiger charge is -2.14. The number of nitro groups is 1. The molecule has 166 valence electrons. The summed E-state index contributed by atoms with van der Waals surface area (Å²) in [7, 11) is 1.57. The maximum Gasteiger partial charge on any atom is 0.283 e. The van der Waals surface area contributed by atoms with Gasteiger partial charge < -0.3 is 4.74 Å². The average molecular weight is 515 g/mol. The Morgan fingerprint density at radius 2 is 1.82 bits per heavy atom. The molecule has 4 rings (SSSR count). The fourth-order valence-electron chi connectivity index (χ4n) is 3.06. The van der Waals surface area contributed by atoms with Crippen molar-refractivity contribution in [2.45, 2.75) is 9.79 Å². The summed E-state index contributed by atoms with van der Waals surface area (Å²) in [6.45, 7) is 0. The van der Waals surface area contributed by atoms with E-state index in [1.54, 1.807) is 73.8 Å². The summed E-state index contributed by atoms with van der Waals surface area (Å²) < 4.78 is 5.54. The van der Waals surface area contributed by atoms with E-state index in [4.69, 9.17) is 28.6 Å². The van der Waals surface area contributed by atoms with Gasteiger partial charge in [0.05, 0.1) is 27.5 Å². The summed E-state index contributed by atoms with van der Waals surface area (Å²) >= 11 is 13.7. The minimum absolute atomic E-state index is 0.0469. The standard InChI is InChI=1S/C23H15ClN2O4S3/c1-30-17-7-5-16(6-8-17)25-22(27)21(33-23(25)31)13-14-2-11-20(19(12-14)26(28)29)32-18-9-3-15(24)4-10-18/h2-13H,1H3/b21-13-. The fraction of sp³-hybridized carbons (Fsp3) is 0.0435. The lowest BCUT2D eigenvalue weighted by molar-refractivity contribution is -0.387. The molecule has 0 bridgehead atoms. The Balaban J connectivity index is 1.60. The molecule has 1 fully saturated rings. The number of thiocarbonyl (C=S) groups is 1. The number of halogens is 1. The largest absolute Gasteiger partial charge is 0.497 e. The van der Waals surface area contributed by atoms with E-state index in [-0.39, 0.29) is 11.6 Å². The predicted octanol–water partition coefficient (Wildman–Crippen LogP) is 6.81. The van der Waals surface area contributed by atoms with Gasteiger partial charge in [-0.05, 0) is 66.2 Å². The minimum Gasteiger partial charge on any atom is -0.497 e. The Morgan fingerprint density at radius 3 is 2.45 bits per heavy atom. The van der Waals surface area contributed by atoms with E-state index in [1.165, 1.54) is 22.7 Å². The molecule has 0 aromatic heterocycles. The van der Waals surface area contributed by atoms with Crippen molar-refractivity contribution in [3.8, 4) is 5.75 Å². The van der Waals surface area contributed by atoms with Crippen molar-refractivity contribution in [1.29, 1.82) is 0 Å². The van der Waals surface area contributed by atoms with E-state index in [0.29, 0.717) is 36.1 Å². The molecule has 1 aliphatic rings. The van der Waals surface area contributed by atoms with Crippen LogP contribution in [0.25, 0.3) is 6.08 Å². The van der Waals surface area contributed by atoms with E-state index < -0.39 is 4.92 Å². The molecule has 1 aliphatic heterocycles. The first-order chi connectivity index (χ1) is 15.9. The average Bonchev–Trinajstić information content (AvgIpc) is 3.08. The van der Waals surface area contributed by atoms with Crippen molar-refractivity contribution in [1.82, 2.24) is 0 Å². The van der Waals surface area contributed by atoms with Gasteiger partial charge in [0.15, 0.2) is 4.32 Å². The molecule has 33 heavy (non-hydrogen) atoms. The first-order valence-electron chi connectivity index (χ1n) is 9.49. The Morgan fingerprint density at radius 1 is 1.12 bits per heavy atom. The van der Waals surface area contributed by atoms with Gasteiger partial charge >= 0.3 is 0 Å². The number of benzene rings is 3. The van der Waals surface area contributed by atoms with E-state index in [2.05, 4.69) is 0 Å². The van der Waals surface area contributed by atoms with Gasteiger partial charge in [-0.15, -0.1) is 0 Å². The van der Waals surface area contributed by atoms with Crippen LogP contribution < -0.4 is 9.64 Å². The van der Waals surface area contributed by atoms with Crippen molar-refractivity contribution in [2.24, 2.45) is 0 Å². The van der Waals surface area contributed by atoms with Crippen LogP contribution in [0.15, 0.2) is 81.4 Å². The summed E-state index contributed by atoms with van der Waals surface area (Å²) in [6.07, 6.45) is 1.62. The molecule has 0 radical (unpaired) electrons. The molecular weight excluding hydrogens is 500 g/mol. The summed E-state index contributed by atoms with van der Waals surface area (Å²) in [4.78, 5) is 27.4. The zero-order chi connectivity index (χ0) is 23.5. The number of ether oxygens (including phenoxy) is 1. The van der Waals surface area contributed by atoms with Crippen molar-refractivity contribution in [3.63, 3.8) is 0 Å². The molecule has 0 unspecified atom stereocenters. The number of hydrogen-bond acceptors (Lipinski definition) is 7. The monoisotopic (exact) mass is 514 g/mol. The molecule has 0 saturated carbocycles. The van der Waals surface area contributed by atoms with Crippen LogP contribution in [0.3, 0.4) is 0 Å². The van der Waals surface area contributed by atoms with Gasteiger partial charge in [-0.1, -0.05) is 53.4 Å². The molecular formula is C23H15ClN2O4S3. The second kappa shape index (κ2) is 9.96. The predicted molar refractivity (Wildman–Crippen MR) is 137 cm³/mol. The lowest BCUT2D eigenvalue weighted by atomic mass is 10.2. The number of anilines is 1. The van der Waals surface area contributed by atoms with Crippen LogP contribution >= 0.6 is 47.3 Å². The van der Waals surface area contributed by atoms with Gasteiger partial charge in [-0.25, -0.2) is 0 Å². The number of rotatable bonds is 6. The number of nitrogens with zero attached hydrogens (tertiary/aromatic N) is 2. The molecule has 3 aromatic carbocycles. The normalized spacial score (nSPS) is 14.7. The quantitative estimate of drug-likeness (QED) is 0.155. The van der Waals surface area contributed by atoms with Crippen LogP contribution in [0, 0.1) is 10.1 Å². The lowest BCUT2D eigenvalue weighted by Crippen LogP contribution is -2.27. The highest BCUT2D eigenvalue weighted by Crippen LogP contribution is 2.39. The highest BCUT2D eigenvalue weighted by molar-refractivity contribution is 8.27. The summed E-state index contributed by atoms with van der Waals surface area (Å²) in [5.74, 6) is 0.390. The third-order valence-corrected chi connectivity index (χ3v) is 7.27. The third kappa shape index (κ3) is 5.22. The summed E-state index contributed by atoms with van der Waals surface area (Å²) in [6, 6.07) is 18.9. The Hall–Kier alpha value is -2.85. The van der Waals surface area contributed by atoms with Gasteiger partial charge in [0.2, 0.25) is 0 Å². The van der Waals surface area contributed by atoms with Crippen molar-refractivity contribution in [3.05, 3.63) is 92.3 Å². The van der Waals surface area contributed by atoms with Crippen molar-refractivity contribution >= 4 is 75.0 Å². The highest BCUT2D eigenvalue weighted by atomic mass is 35.5. The Bertz CT molecular complexity index is 1280. The molecule has 10 heteroatoms. The number of carbonyl (C=O) groups is 1. The van der Waals surface area contributed by atoms with Gasteiger partial charge in [0, 0.05) is 16.0 Å². The zero-order valence-corrected chi connectivity index (χ0v) is 20.3. The first kappa shape index (κ1) is 23.3. The van der Waals surface area contributed by atoms with Gasteiger partial charge in [-0.2, -0.15) is 0 Å². The molecule has 0 aliphatic carbocycles. The van der Waals surface area contributed by atoms with Crippen LogP contribution in [-0.2, 0) is 4.79 Å². The number of nitro benzene ring substituents is 1. The molecule has 1 amide bonds. The topological polar surface area (TPSA) is 72.7 Å². The van der Waals surface area contributed by atoms with Gasteiger partial charge in [0.25, 0.3) is 11.6 Å². The molecule has 3 aromatic rings. The van der Waals surface area contributed by atoms with Crippen LogP contribution in [-0.4, -0.2) is 22.3 Å². The Kier molecular flexibility index (Phi) is 7.04. The van der Waals surface area contributed by atoms with Crippen molar-refractivity contribution in [2.75, 3.05) is 12.0 Å². The molecule has 1 heterocycles. The SMILES string of the molecule is COc1ccc(N2C(=O)/C(=C/c3ccc(Sc4ccc(Cl)cc4)c([N+](=O)[O-])c3)SC2=S)cc1.